The number of rotatable bonds is 5. The zero-order valence-electron chi connectivity index (χ0n) is 18.5. The van der Waals surface area contributed by atoms with Crippen LogP contribution in [-0.4, -0.2) is 73.0 Å². The summed E-state index contributed by atoms with van der Waals surface area (Å²) in [5.74, 6) is -1.13. The molecule has 3 aliphatic rings. The minimum absolute atomic E-state index is 0.0500. The number of Topliss-reactive ketones (excluding diaryl/α,β-unsaturated/α-hetero) is 2. The molecule has 4 rings (SSSR count). The van der Waals surface area contributed by atoms with E-state index in [9.17, 15) is 14.4 Å². The molecular formula is C23H28N5O3+. The van der Waals surface area contributed by atoms with Crippen molar-refractivity contribution in [1.29, 1.82) is 0 Å². The SMILES string of the molecule is CC(=O)[N+](C)(C)NN1N=CC2C(=O)C(CCN(C)C)C=C3C2=C1C(=O)c1ccccc13. The van der Waals surface area contributed by atoms with Gasteiger partial charge in [-0.05, 0) is 43.7 Å². The summed E-state index contributed by atoms with van der Waals surface area (Å²) >= 11 is 0. The lowest BCUT2D eigenvalue weighted by Gasteiger charge is -2.40. The van der Waals surface area contributed by atoms with E-state index in [4.69, 9.17) is 0 Å². The van der Waals surface area contributed by atoms with Crippen LogP contribution in [0.1, 0.15) is 29.3 Å². The van der Waals surface area contributed by atoms with E-state index in [1.54, 1.807) is 26.4 Å². The minimum Gasteiger partial charge on any atom is -0.309 e. The molecule has 0 fully saturated rings. The molecule has 2 unspecified atom stereocenters. The van der Waals surface area contributed by atoms with E-state index in [0.29, 0.717) is 23.3 Å². The average molecular weight is 423 g/mol. The molecule has 0 bridgehead atoms. The molecule has 0 saturated carbocycles. The van der Waals surface area contributed by atoms with E-state index < -0.39 is 5.92 Å². The zero-order chi connectivity index (χ0) is 22.5. The Balaban J connectivity index is 1.86. The van der Waals surface area contributed by atoms with Crippen molar-refractivity contribution in [3.05, 3.63) is 52.7 Å². The van der Waals surface area contributed by atoms with Gasteiger partial charge in [0.05, 0.1) is 26.9 Å². The summed E-state index contributed by atoms with van der Waals surface area (Å²) in [5, 5.41) is 5.75. The van der Waals surface area contributed by atoms with Crippen LogP contribution in [0.25, 0.3) is 5.57 Å². The van der Waals surface area contributed by atoms with Crippen molar-refractivity contribution < 1.29 is 19.0 Å². The lowest BCUT2D eigenvalue weighted by molar-refractivity contribution is -0.876. The molecule has 2 atom stereocenters. The van der Waals surface area contributed by atoms with Crippen molar-refractivity contribution in [1.82, 2.24) is 15.6 Å². The highest BCUT2D eigenvalue weighted by Gasteiger charge is 2.46. The van der Waals surface area contributed by atoms with Crippen LogP contribution >= 0.6 is 0 Å². The summed E-state index contributed by atoms with van der Waals surface area (Å²) in [6, 6.07) is 7.46. The first-order valence-corrected chi connectivity index (χ1v) is 10.4. The summed E-state index contributed by atoms with van der Waals surface area (Å²) in [4.78, 5) is 40.9. The summed E-state index contributed by atoms with van der Waals surface area (Å²) in [6.07, 6.45) is 4.30. The van der Waals surface area contributed by atoms with E-state index in [1.165, 1.54) is 12.0 Å². The van der Waals surface area contributed by atoms with Crippen LogP contribution in [0.4, 0.5) is 0 Å². The summed E-state index contributed by atoms with van der Waals surface area (Å²) in [7, 11) is 7.32. The molecule has 8 nitrogen and oxygen atoms in total. The Morgan fingerprint density at radius 2 is 1.87 bits per heavy atom. The van der Waals surface area contributed by atoms with Crippen LogP contribution in [-0.2, 0) is 9.59 Å². The average Bonchev–Trinajstić information content (AvgIpc) is 2.72. The number of hydrazine groups is 1. The summed E-state index contributed by atoms with van der Waals surface area (Å²) in [6.45, 7) is 2.25. The van der Waals surface area contributed by atoms with Gasteiger partial charge < -0.3 is 4.90 Å². The fourth-order valence-electron chi connectivity index (χ4n) is 4.14. The molecule has 0 aromatic heterocycles. The largest absolute Gasteiger partial charge is 0.330 e. The molecule has 8 heteroatoms. The van der Waals surface area contributed by atoms with Crippen LogP contribution in [0.3, 0.4) is 0 Å². The van der Waals surface area contributed by atoms with Crippen LogP contribution < -0.4 is 5.53 Å². The molecule has 1 heterocycles. The first-order chi connectivity index (χ1) is 14.6. The van der Waals surface area contributed by atoms with Crippen molar-refractivity contribution in [2.24, 2.45) is 16.9 Å². The standard InChI is InChI=1S/C23H28N5O3/c1-14(29)28(4,5)25-27-21-20-18(16-8-6-7-9-17(16)23(21)31)12-15(10-11-26(2)3)22(30)19(20)13-24-27/h6-9,12-13,15,19,25H,10-11H2,1-5H3/q+1. The highest BCUT2D eigenvalue weighted by molar-refractivity contribution is 6.22. The van der Waals surface area contributed by atoms with Crippen LogP contribution in [0, 0.1) is 11.8 Å². The number of allylic oxidation sites excluding steroid dienone is 4. The fraction of sp³-hybridized carbons (Fsp3) is 0.391. The maximum absolute atomic E-state index is 13.5. The van der Waals surface area contributed by atoms with E-state index in [1.807, 2.05) is 38.4 Å². The molecule has 31 heavy (non-hydrogen) atoms. The van der Waals surface area contributed by atoms with Crippen LogP contribution in [0.15, 0.2) is 46.7 Å². The number of quaternary nitrogens is 1. The van der Waals surface area contributed by atoms with Gasteiger partial charge in [-0.3, -0.25) is 9.59 Å². The smallest absolute Gasteiger partial charge is 0.309 e. The second-order valence-electron chi connectivity index (χ2n) is 8.94. The van der Waals surface area contributed by atoms with E-state index in [0.717, 1.165) is 17.7 Å². The number of nitrogens with one attached hydrogen (secondary N) is 1. The molecule has 0 saturated heterocycles. The number of amides is 1. The molecule has 1 aliphatic heterocycles. The van der Waals surface area contributed by atoms with Crippen LogP contribution in [0.5, 0.6) is 0 Å². The normalized spacial score (nSPS) is 22.5. The van der Waals surface area contributed by atoms with Crippen LogP contribution in [0.2, 0.25) is 0 Å². The second kappa shape index (κ2) is 7.64. The molecular weight excluding hydrogens is 394 g/mol. The van der Waals surface area contributed by atoms with Gasteiger partial charge >= 0.3 is 5.91 Å². The number of fused-ring (bicyclic) bond motifs is 2. The van der Waals surface area contributed by atoms with E-state index in [-0.39, 0.29) is 28.0 Å². The quantitative estimate of drug-likeness (QED) is 0.574. The molecule has 1 aromatic carbocycles. The highest BCUT2D eigenvalue weighted by Crippen LogP contribution is 2.46. The highest BCUT2D eigenvalue weighted by atomic mass is 16.2. The van der Waals surface area contributed by atoms with Crippen molar-refractivity contribution >= 4 is 29.3 Å². The second-order valence-corrected chi connectivity index (χ2v) is 8.94. The van der Waals surface area contributed by atoms with Gasteiger partial charge in [0.1, 0.15) is 5.70 Å². The van der Waals surface area contributed by atoms with E-state index in [2.05, 4.69) is 15.5 Å². The van der Waals surface area contributed by atoms with Gasteiger partial charge in [0, 0.05) is 23.3 Å². The molecule has 2 aliphatic carbocycles. The number of benzene rings is 1. The molecule has 0 spiro atoms. The number of hydrogen-bond acceptors (Lipinski definition) is 7. The predicted octanol–water partition coefficient (Wildman–Crippen LogP) is 1.63. The Kier molecular flexibility index (Phi) is 5.25. The minimum atomic E-state index is -0.578. The molecule has 1 N–H and O–H groups in total. The number of hydrazone groups is 1. The zero-order valence-corrected chi connectivity index (χ0v) is 18.5. The Hall–Kier alpha value is -2.94. The Bertz CT molecular complexity index is 1070. The van der Waals surface area contributed by atoms with E-state index >= 15 is 0 Å². The Morgan fingerprint density at radius 1 is 1.19 bits per heavy atom. The molecule has 0 radical (unpaired) electrons. The first-order valence-electron chi connectivity index (χ1n) is 10.4. The summed E-state index contributed by atoms with van der Waals surface area (Å²) < 4.78 is -0.202. The molecule has 162 valence electrons. The number of carbonyl (C=O) groups excluding carboxylic acids is 3. The van der Waals surface area contributed by atoms with Gasteiger partial charge in [-0.2, -0.15) is 9.69 Å². The first kappa shape index (κ1) is 21.3. The number of hydrogen-bond donors (Lipinski definition) is 1. The number of nitrogens with zero attached hydrogens (tertiary/aromatic N) is 4. The lowest BCUT2D eigenvalue weighted by Crippen LogP contribution is -2.61. The van der Waals surface area contributed by atoms with Crippen molar-refractivity contribution in [2.45, 2.75) is 13.3 Å². The Morgan fingerprint density at radius 3 is 2.52 bits per heavy atom. The van der Waals surface area contributed by atoms with Crippen molar-refractivity contribution in [3.8, 4) is 0 Å². The predicted molar refractivity (Wildman–Crippen MR) is 117 cm³/mol. The monoisotopic (exact) mass is 422 g/mol. The maximum Gasteiger partial charge on any atom is 0.330 e. The van der Waals surface area contributed by atoms with Gasteiger partial charge in [-0.15, -0.1) is 5.12 Å². The number of ketones is 2. The lowest BCUT2D eigenvalue weighted by atomic mass is 9.69. The van der Waals surface area contributed by atoms with Crippen molar-refractivity contribution in [2.75, 3.05) is 34.7 Å². The third-order valence-corrected chi connectivity index (χ3v) is 6.14. The number of carbonyl (C=O) groups is 3. The van der Waals surface area contributed by atoms with Crippen molar-refractivity contribution in [3.63, 3.8) is 0 Å². The third-order valence-electron chi connectivity index (χ3n) is 6.14. The van der Waals surface area contributed by atoms with Gasteiger partial charge in [0.25, 0.3) is 0 Å². The van der Waals surface area contributed by atoms with Gasteiger partial charge in [-0.1, -0.05) is 30.3 Å². The van der Waals surface area contributed by atoms with Gasteiger partial charge in [0.2, 0.25) is 5.78 Å². The van der Waals surface area contributed by atoms with Gasteiger partial charge in [-0.25, -0.2) is 4.79 Å². The Labute approximate surface area is 182 Å². The fourth-order valence-corrected chi connectivity index (χ4v) is 4.14. The third kappa shape index (κ3) is 3.56. The molecule has 1 aromatic rings. The summed E-state index contributed by atoms with van der Waals surface area (Å²) in [5.41, 5.74) is 6.31. The van der Waals surface area contributed by atoms with Gasteiger partial charge in [0.15, 0.2) is 5.78 Å². The molecule has 1 amide bonds. The topological polar surface area (TPSA) is 82.1 Å². The maximum atomic E-state index is 13.5.